The van der Waals surface area contributed by atoms with Gasteiger partial charge in [-0.2, -0.15) is 4.40 Å². The summed E-state index contributed by atoms with van der Waals surface area (Å²) in [5.74, 6) is 7.09. The Morgan fingerprint density at radius 3 is 0.969 bits per heavy atom. The van der Waals surface area contributed by atoms with Crippen LogP contribution in [0, 0.1) is 0 Å². The molecule has 6 aromatic rings. The predicted molar refractivity (Wildman–Crippen MR) is 539 cm³/mol. The predicted octanol–water partition coefficient (Wildman–Crippen LogP) is 21.5. The third-order valence-corrected chi connectivity index (χ3v) is 19.5. The number of benzene rings is 6. The first-order valence-electron chi connectivity index (χ1n) is 43.1. The van der Waals surface area contributed by atoms with Crippen LogP contribution in [0.2, 0.25) is 0 Å². The Hall–Kier alpha value is -6.89. The number of nitrogens with one attached hydrogen (secondary N) is 1. The normalized spacial score (nSPS) is 12.0. The molecule has 0 saturated carbocycles. The number of ketones is 2. The van der Waals surface area contributed by atoms with Crippen molar-refractivity contribution in [2.24, 2.45) is 9.54 Å². The van der Waals surface area contributed by atoms with Gasteiger partial charge in [0.2, 0.25) is 0 Å². The minimum Gasteiger partial charge on any atom is -0.870 e. The Kier molecular flexibility index (Phi) is 71.1. The Bertz CT molecular complexity index is 4280. The van der Waals surface area contributed by atoms with Crippen molar-refractivity contribution < 1.29 is 124 Å². The van der Waals surface area contributed by atoms with Crippen LogP contribution in [0.25, 0.3) is 6.08 Å². The number of nitrogens with zero attached hydrogens (tertiary/aromatic N) is 1. The van der Waals surface area contributed by atoms with Crippen LogP contribution in [-0.4, -0.2) is 144 Å². The zero-order valence-corrected chi connectivity index (χ0v) is 90.5. The average molecular weight is 1960 g/mol. The summed E-state index contributed by atoms with van der Waals surface area (Å²) in [6.07, 6.45) is 10.3. The largest absolute Gasteiger partial charge is 1.00 e. The minimum atomic E-state index is -1.20. The summed E-state index contributed by atoms with van der Waals surface area (Å²) in [6.45, 7) is 68.2. The molecule has 0 aliphatic carbocycles. The van der Waals surface area contributed by atoms with Gasteiger partial charge in [-0.3, -0.25) is 19.5 Å². The number of aromatic hydroxyl groups is 2. The molecule has 0 heterocycles. The van der Waals surface area contributed by atoms with Gasteiger partial charge in [0.1, 0.15) is 29.3 Å². The maximum atomic E-state index is 12.2. The van der Waals surface area contributed by atoms with Gasteiger partial charge in [0.25, 0.3) is 0 Å². The molecule has 0 radical (unpaired) electrons. The first kappa shape index (κ1) is 133. The van der Waals surface area contributed by atoms with E-state index in [9.17, 15) is 31.8 Å². The van der Waals surface area contributed by atoms with E-state index in [-0.39, 0.29) is 159 Å². The molecule has 129 heavy (non-hydrogen) atoms. The Morgan fingerprint density at radius 2 is 0.690 bits per heavy atom. The second-order valence-electron chi connectivity index (χ2n) is 35.6. The SMILES string of the molecule is C.CC(=O)/C=C/c1ccc(OC(C)C)c(OC(C)C)c1.CC(=O)CCc1ccc(OC(C)C)c(OC(C)C)c1.CC(C)(C)[S@](N)=O.CC(C)Br.CC(C)Oc1ccc(C=O)cc1OC(C)C.CC(C)Oc1ccc(CC[C@@H](C)N[S@](=O)C(C)(C)C)cc1OC(C)C.CC(CCc1ccc(OC(C)C)c(OC(C)C)c1)=N[S@](=O)C(C)(C)C.Cl.O=Cc1ccc(O)c(O)c1.[Na+].[OH-]. The van der Waals surface area contributed by atoms with E-state index in [1.54, 1.807) is 31.2 Å². The molecule has 0 unspecified atom stereocenters. The third-order valence-electron chi connectivity index (χ3n) is 15.0. The molecule has 29 heteroatoms. The molecule has 23 nitrogen and oxygen atoms in total. The molecule has 0 bridgehead atoms. The van der Waals surface area contributed by atoms with E-state index in [2.05, 4.69) is 64.0 Å². The maximum Gasteiger partial charge on any atom is 1.00 e. The monoisotopic (exact) mass is 1960 g/mol. The number of ether oxygens (including phenoxy) is 10. The summed E-state index contributed by atoms with van der Waals surface area (Å²) in [5.41, 5.74) is 6.21. The van der Waals surface area contributed by atoms with Crippen molar-refractivity contribution in [2.45, 2.75) is 374 Å². The van der Waals surface area contributed by atoms with Gasteiger partial charge in [-0.05, 0) is 374 Å². The molecule has 730 valence electrons. The van der Waals surface area contributed by atoms with Gasteiger partial charge in [0.05, 0.1) is 97.3 Å². The molecule has 0 spiro atoms. The summed E-state index contributed by atoms with van der Waals surface area (Å²) in [5, 5.41) is 22.6. The zero-order valence-electron chi connectivity index (χ0n) is 83.7. The number of allylic oxidation sites excluding steroid dienone is 1. The second kappa shape index (κ2) is 69.0. The van der Waals surface area contributed by atoms with Crippen LogP contribution in [0.1, 0.15) is 312 Å². The van der Waals surface area contributed by atoms with E-state index in [0.717, 1.165) is 101 Å². The summed E-state index contributed by atoms with van der Waals surface area (Å²) in [7, 11) is -3.43. The van der Waals surface area contributed by atoms with E-state index in [1.807, 2.05) is 262 Å². The van der Waals surface area contributed by atoms with Crippen molar-refractivity contribution in [1.29, 1.82) is 0 Å². The fourth-order valence-electron chi connectivity index (χ4n) is 9.44. The molecular formula is C100H162BrClN3NaO20S3. The molecular weight excluding hydrogens is 1800 g/mol. The van der Waals surface area contributed by atoms with E-state index in [0.29, 0.717) is 45.9 Å². The van der Waals surface area contributed by atoms with Crippen molar-refractivity contribution in [3.05, 3.63) is 149 Å². The number of hydrogen-bond acceptors (Lipinski definition) is 20. The number of rotatable bonds is 36. The number of nitrogens with two attached hydrogens (primary N) is 1. The quantitative estimate of drug-likeness (QED) is 0.00709. The third kappa shape index (κ3) is 66.2. The molecule has 0 aliphatic heterocycles. The molecule has 0 fully saturated rings. The van der Waals surface area contributed by atoms with Gasteiger partial charge in [0, 0.05) is 34.1 Å². The Labute approximate surface area is 821 Å². The van der Waals surface area contributed by atoms with Crippen molar-refractivity contribution >= 4 is 97.2 Å². The summed E-state index contributed by atoms with van der Waals surface area (Å²) in [6, 6.07) is 33.0. The van der Waals surface area contributed by atoms with Crippen LogP contribution < -0.4 is 86.8 Å². The van der Waals surface area contributed by atoms with Crippen LogP contribution in [0.5, 0.6) is 69.0 Å². The molecule has 0 amide bonds. The molecule has 6 rings (SSSR count). The molecule has 6 aromatic carbocycles. The van der Waals surface area contributed by atoms with E-state index < -0.39 is 33.0 Å². The van der Waals surface area contributed by atoms with Gasteiger partial charge in [-0.1, -0.05) is 67.5 Å². The van der Waals surface area contributed by atoms with Crippen LogP contribution in [0.4, 0.5) is 0 Å². The van der Waals surface area contributed by atoms with Crippen LogP contribution in [0.3, 0.4) is 0 Å². The smallest absolute Gasteiger partial charge is 0.870 e. The number of alkyl halides is 1. The van der Waals surface area contributed by atoms with Crippen molar-refractivity contribution in [3.63, 3.8) is 0 Å². The summed E-state index contributed by atoms with van der Waals surface area (Å²) >= 11 is 3.27. The second-order valence-corrected chi connectivity index (χ2v) is 43.2. The Balaban J connectivity index is -0.000000346. The first-order chi connectivity index (χ1) is 57.7. The van der Waals surface area contributed by atoms with E-state index >= 15 is 0 Å². The number of aryl methyl sites for hydroxylation is 3. The first-order valence-corrected chi connectivity index (χ1v) is 47.4. The summed E-state index contributed by atoms with van der Waals surface area (Å²) in [4.78, 5) is 43.4. The number of Topliss-reactive ketones (excluding diaryl/α,β-unsaturated/α-hetero) is 1. The number of hydrogen-bond donors (Lipinski definition) is 4. The van der Waals surface area contributed by atoms with Crippen molar-refractivity contribution in [2.75, 3.05) is 0 Å². The van der Waals surface area contributed by atoms with Gasteiger partial charge < -0.3 is 67.9 Å². The summed E-state index contributed by atoms with van der Waals surface area (Å²) < 4.78 is 99.0. The van der Waals surface area contributed by atoms with Gasteiger partial charge in [-0.15, -0.1) is 12.4 Å². The number of phenolic OH excluding ortho intramolecular Hbond substituents is 2. The van der Waals surface area contributed by atoms with Crippen LogP contribution in [0.15, 0.2) is 120 Å². The fourth-order valence-corrected chi connectivity index (χ4v) is 10.9. The number of carbonyl (C=O) groups excluding carboxylic acids is 4. The number of phenols is 2. The van der Waals surface area contributed by atoms with E-state index in [1.165, 1.54) is 36.8 Å². The standard InChI is InChI=1S/C20H35NO3S.C20H33NO3S.C16H24O3.C16H22O3.C13H18O3.C7H6O3.C4H11NOS.C3H7Br.CH4.ClH.Na.H2O/c2*1-14(2)23-18-12-11-17(13-19(18)24-15(3)4)10-9-16(5)21-25(22)20(6,7)8;2*1-11(2)18-15-9-8-14(7-6-13(5)17)10-16(15)19-12(3)4;1-9(2)15-12-6-5-11(8-14)7-13(12)16-10(3)4;8-4-5-1-2-6(9)7(10)3-5;1-4(2,3)7(5)6;1-3(2)4;;;;/h11-16,21H,9-10H2,1-8H3;11-15H,9-10H2,1-8H3;8-12H,6-7H2,1-5H3;6-12H,1-5H3;5-10H,1-4H3;1-4,9-10H;5H2,1-3H3;3H,1-2H3;1H4;1H;;1H2/q;;;;;;;;;;+1;/p-1/b;;;7-6+;;;;;;;;/t16-,25-;25-;;;;;7-;;;;;/m11....1...../s1. The van der Waals surface area contributed by atoms with Gasteiger partial charge in [0.15, 0.2) is 74.8 Å². The molecule has 0 aromatic heterocycles. The fraction of sp³-hybridized carbons (Fsp3) is 0.570. The van der Waals surface area contributed by atoms with Crippen molar-refractivity contribution in [1.82, 2.24) is 4.72 Å². The molecule has 4 atom stereocenters. The molecule has 0 saturated heterocycles. The van der Waals surface area contributed by atoms with E-state index in [4.69, 9.17) is 62.7 Å². The van der Waals surface area contributed by atoms with Crippen molar-refractivity contribution in [3.8, 4) is 69.0 Å². The zero-order chi connectivity index (χ0) is 96.6. The van der Waals surface area contributed by atoms with Gasteiger partial charge >= 0.3 is 29.6 Å². The van der Waals surface area contributed by atoms with Crippen LogP contribution >= 0.6 is 28.3 Å². The maximum absolute atomic E-state index is 12.2. The average Bonchev–Trinajstić information content (AvgIpc) is 0.856. The van der Waals surface area contributed by atoms with Gasteiger partial charge in [-0.25, -0.2) is 17.3 Å². The topological polar surface area (TPSA) is 333 Å². The van der Waals surface area contributed by atoms with Crippen LogP contribution in [-0.2, 0) is 61.8 Å². The number of halogens is 2. The number of carbonyl (C=O) groups is 4. The molecule has 6 N–H and O–H groups in total. The number of aldehydes is 2. The Morgan fingerprint density at radius 1 is 0.419 bits per heavy atom. The minimum absolute atomic E-state index is 0. The molecule has 0 aliphatic rings.